The van der Waals surface area contributed by atoms with Gasteiger partial charge in [0.15, 0.2) is 5.65 Å². The lowest BCUT2D eigenvalue weighted by Gasteiger charge is -2.09. The van der Waals surface area contributed by atoms with Gasteiger partial charge in [-0.05, 0) is 29.8 Å². The molecule has 0 saturated carbocycles. The van der Waals surface area contributed by atoms with Crippen molar-refractivity contribution in [2.24, 2.45) is 0 Å². The fraction of sp³-hybridized carbons (Fsp3) is 0.0833. The molecule has 164 valence electrons. The minimum absolute atomic E-state index is 0.00302. The Kier molecular flexibility index (Phi) is 5.62. The predicted octanol–water partition coefficient (Wildman–Crippen LogP) is 3.79. The van der Waals surface area contributed by atoms with Gasteiger partial charge in [0.25, 0.3) is 5.91 Å². The number of carbonyl (C=O) groups excluding carboxylic acids is 2. The first-order valence-corrected chi connectivity index (χ1v) is 11.8. The van der Waals surface area contributed by atoms with E-state index in [0.717, 1.165) is 11.1 Å². The number of aromatic nitrogens is 3. The summed E-state index contributed by atoms with van der Waals surface area (Å²) >= 11 is 6.18. The number of nitrogens with one attached hydrogen (secondary N) is 1. The normalized spacial score (nSPS) is 15.8. The Morgan fingerprint density at radius 2 is 1.91 bits per heavy atom. The van der Waals surface area contributed by atoms with Crippen molar-refractivity contribution in [3.63, 3.8) is 0 Å². The molecule has 2 aromatic heterocycles. The molecule has 4 aromatic rings. The van der Waals surface area contributed by atoms with Crippen LogP contribution >= 0.6 is 11.6 Å². The molecule has 0 aliphatic carbocycles. The minimum atomic E-state index is -1.43. The third-order valence-corrected chi connectivity index (χ3v) is 6.77. The smallest absolute Gasteiger partial charge is 0.254 e. The monoisotopic (exact) mass is 476 g/mol. The van der Waals surface area contributed by atoms with Crippen LogP contribution in [0.1, 0.15) is 17.5 Å². The van der Waals surface area contributed by atoms with Crippen LogP contribution in [0.3, 0.4) is 0 Å². The average molecular weight is 477 g/mol. The van der Waals surface area contributed by atoms with Crippen LogP contribution in [0.25, 0.3) is 23.0 Å². The second kappa shape index (κ2) is 8.73. The van der Waals surface area contributed by atoms with Gasteiger partial charge in [-0.25, -0.2) is 9.50 Å². The van der Waals surface area contributed by atoms with E-state index in [0.29, 0.717) is 38.3 Å². The van der Waals surface area contributed by atoms with Gasteiger partial charge in [-0.15, -0.1) is 0 Å². The van der Waals surface area contributed by atoms with E-state index < -0.39 is 16.7 Å². The van der Waals surface area contributed by atoms with E-state index in [1.54, 1.807) is 30.5 Å². The minimum Gasteiger partial charge on any atom is -0.292 e. The van der Waals surface area contributed by atoms with Crippen LogP contribution in [0, 0.1) is 0 Å². The summed E-state index contributed by atoms with van der Waals surface area (Å²) in [4.78, 5) is 28.4. The van der Waals surface area contributed by atoms with Crippen LogP contribution in [0.5, 0.6) is 0 Å². The molecular formula is C24H17ClN4O3S. The molecule has 3 heterocycles. The summed E-state index contributed by atoms with van der Waals surface area (Å²) in [5.74, 6) is -0.472. The molecule has 1 fully saturated rings. The van der Waals surface area contributed by atoms with E-state index in [1.807, 2.05) is 42.5 Å². The van der Waals surface area contributed by atoms with Crippen molar-refractivity contribution < 1.29 is 13.8 Å². The molecular weight excluding hydrogens is 460 g/mol. The topological polar surface area (TPSA) is 93.4 Å². The Bertz CT molecular complexity index is 1460. The van der Waals surface area contributed by atoms with Crippen LogP contribution in [0.2, 0.25) is 5.02 Å². The molecule has 0 radical (unpaired) electrons. The van der Waals surface area contributed by atoms with Gasteiger partial charge in [-0.1, -0.05) is 54.1 Å². The van der Waals surface area contributed by atoms with E-state index in [2.05, 4.69) is 10.4 Å². The van der Waals surface area contributed by atoms with Gasteiger partial charge in [-0.2, -0.15) is 5.10 Å². The van der Waals surface area contributed by atoms with Crippen LogP contribution in [-0.4, -0.2) is 30.6 Å². The van der Waals surface area contributed by atoms with E-state index in [-0.39, 0.29) is 12.3 Å². The maximum Gasteiger partial charge on any atom is 0.254 e. The Balaban J connectivity index is 1.66. The predicted molar refractivity (Wildman–Crippen MR) is 126 cm³/mol. The highest BCUT2D eigenvalue weighted by atomic mass is 35.5. The molecule has 5 rings (SSSR count). The molecule has 1 aliphatic heterocycles. The lowest BCUT2D eigenvalue weighted by Crippen LogP contribution is -2.19. The largest absolute Gasteiger partial charge is 0.292 e. The first-order valence-electron chi connectivity index (χ1n) is 10.1. The summed E-state index contributed by atoms with van der Waals surface area (Å²) < 4.78 is 14.9. The van der Waals surface area contributed by atoms with Crippen LogP contribution in [0.15, 0.2) is 77.5 Å². The molecule has 2 aromatic carbocycles. The van der Waals surface area contributed by atoms with E-state index in [1.165, 1.54) is 4.52 Å². The lowest BCUT2D eigenvalue weighted by molar-refractivity contribution is -0.124. The summed E-state index contributed by atoms with van der Waals surface area (Å²) in [5.41, 5.74) is 3.59. The number of benzene rings is 2. The molecule has 0 bridgehead atoms. The molecule has 9 heteroatoms. The van der Waals surface area contributed by atoms with Gasteiger partial charge in [0.1, 0.15) is 5.03 Å². The Morgan fingerprint density at radius 3 is 2.64 bits per heavy atom. The van der Waals surface area contributed by atoms with E-state index in [9.17, 15) is 13.8 Å². The second-order valence-corrected chi connectivity index (χ2v) is 9.36. The highest BCUT2D eigenvalue weighted by molar-refractivity contribution is 7.84. The number of hydrogen-bond donors (Lipinski definition) is 1. The number of rotatable bonds is 5. The molecule has 1 atom stereocenters. The number of halogens is 1. The van der Waals surface area contributed by atoms with Crippen molar-refractivity contribution in [2.75, 3.05) is 0 Å². The van der Waals surface area contributed by atoms with E-state index >= 15 is 0 Å². The van der Waals surface area contributed by atoms with Crippen molar-refractivity contribution in [1.29, 1.82) is 0 Å². The highest BCUT2D eigenvalue weighted by Crippen LogP contribution is 2.27. The fourth-order valence-corrected chi connectivity index (χ4v) is 5.02. The van der Waals surface area contributed by atoms with Gasteiger partial charge >= 0.3 is 0 Å². The molecule has 33 heavy (non-hydrogen) atoms. The Labute approximate surface area is 196 Å². The van der Waals surface area contributed by atoms with Gasteiger partial charge in [0, 0.05) is 21.7 Å². The lowest BCUT2D eigenvalue weighted by atomic mass is 10.1. The van der Waals surface area contributed by atoms with E-state index in [4.69, 9.17) is 16.6 Å². The van der Waals surface area contributed by atoms with Gasteiger partial charge < -0.3 is 0 Å². The third-order valence-electron chi connectivity index (χ3n) is 5.19. The number of amides is 2. The summed E-state index contributed by atoms with van der Waals surface area (Å²) in [6, 6.07) is 18.5. The summed E-state index contributed by atoms with van der Waals surface area (Å²) in [6.45, 7) is 0. The first kappa shape index (κ1) is 21.2. The van der Waals surface area contributed by atoms with Crippen molar-refractivity contribution in [3.05, 3.63) is 88.6 Å². The second-order valence-electron chi connectivity index (χ2n) is 7.52. The molecule has 1 unspecified atom stereocenters. The van der Waals surface area contributed by atoms with Crippen molar-refractivity contribution in [3.8, 4) is 11.3 Å². The zero-order valence-corrected chi connectivity index (χ0v) is 18.8. The average Bonchev–Trinajstić information content (AvgIpc) is 3.35. The molecule has 1 aliphatic rings. The van der Waals surface area contributed by atoms with Crippen molar-refractivity contribution >= 4 is 45.9 Å². The maximum absolute atomic E-state index is 13.4. The van der Waals surface area contributed by atoms with Gasteiger partial charge in [0.05, 0.1) is 34.9 Å². The molecule has 7 nitrogen and oxygen atoms in total. The van der Waals surface area contributed by atoms with Crippen molar-refractivity contribution in [2.45, 2.75) is 17.2 Å². The van der Waals surface area contributed by atoms with Crippen LogP contribution in [-0.2, 0) is 26.1 Å². The fourth-order valence-electron chi connectivity index (χ4n) is 3.62. The Hall–Kier alpha value is -3.62. The zero-order chi connectivity index (χ0) is 22.9. The standard InChI is InChI=1S/C24H17ClN4O3S/c25-19-8-4-7-16(10-19)20-12-22(33(32)14-15-5-2-1-3-6-15)29-23(27-20)18(13-26-29)9-17-11-21(30)28-24(17)31/h1-10,12-13H,11,14H2,(H,28,30,31)/b17-9+. The molecule has 0 spiro atoms. The first-order chi connectivity index (χ1) is 16.0. The summed E-state index contributed by atoms with van der Waals surface area (Å²) in [6.07, 6.45) is 3.15. The highest BCUT2D eigenvalue weighted by Gasteiger charge is 2.25. The quantitative estimate of drug-likeness (QED) is 0.269. The third kappa shape index (κ3) is 4.35. The molecule has 1 saturated heterocycles. The van der Waals surface area contributed by atoms with Crippen molar-refractivity contribution in [1.82, 2.24) is 19.9 Å². The van der Waals surface area contributed by atoms with Crippen LogP contribution < -0.4 is 5.32 Å². The summed E-state index contributed by atoms with van der Waals surface area (Å²) in [5, 5.41) is 7.69. The number of fused-ring (bicyclic) bond motifs is 1. The number of imide groups is 1. The summed E-state index contributed by atoms with van der Waals surface area (Å²) in [7, 11) is -1.43. The van der Waals surface area contributed by atoms with Gasteiger partial charge in [0.2, 0.25) is 5.91 Å². The number of hydrogen-bond acceptors (Lipinski definition) is 5. The molecule has 1 N–H and O–H groups in total. The van der Waals surface area contributed by atoms with Gasteiger partial charge in [-0.3, -0.25) is 19.1 Å². The SMILES string of the molecule is O=C1C/C(=C\c2cnn3c(S(=O)Cc4ccccc4)cc(-c4cccc(Cl)c4)nc23)C(=O)N1. The zero-order valence-electron chi connectivity index (χ0n) is 17.2. The number of nitrogens with zero attached hydrogens (tertiary/aromatic N) is 3. The Morgan fingerprint density at radius 1 is 1.09 bits per heavy atom. The maximum atomic E-state index is 13.4. The number of carbonyl (C=O) groups is 2. The van der Waals surface area contributed by atoms with Crippen LogP contribution in [0.4, 0.5) is 0 Å². The molecule has 2 amide bonds.